The standard InChI is InChI=1S/C15H13N3/c1-3-5-6-13(4-2)18-11-17-14-8-7-12(10-16)9-15(14)18/h3-9,11H,2H2,1H3/b5-3-,13-6+. The summed E-state index contributed by atoms with van der Waals surface area (Å²) in [6, 6.07) is 7.58. The van der Waals surface area contributed by atoms with E-state index in [-0.39, 0.29) is 0 Å². The first kappa shape index (κ1) is 11.9. The Morgan fingerprint density at radius 3 is 3.00 bits per heavy atom. The van der Waals surface area contributed by atoms with E-state index in [9.17, 15) is 0 Å². The monoisotopic (exact) mass is 235 g/mol. The number of hydrogen-bond donors (Lipinski definition) is 0. The number of imidazole rings is 1. The van der Waals surface area contributed by atoms with Crippen molar-refractivity contribution in [2.75, 3.05) is 0 Å². The second-order valence-electron chi connectivity index (χ2n) is 3.75. The van der Waals surface area contributed by atoms with Gasteiger partial charge in [-0.15, -0.1) is 0 Å². The number of nitrogens with zero attached hydrogens (tertiary/aromatic N) is 3. The summed E-state index contributed by atoms with van der Waals surface area (Å²) in [5.74, 6) is 0. The number of hydrogen-bond acceptors (Lipinski definition) is 2. The van der Waals surface area contributed by atoms with Crippen LogP contribution in [0.15, 0.2) is 55.4 Å². The molecule has 0 amide bonds. The topological polar surface area (TPSA) is 41.6 Å². The molecule has 0 unspecified atom stereocenters. The number of rotatable bonds is 3. The zero-order valence-electron chi connectivity index (χ0n) is 10.2. The molecular formula is C15H13N3. The Morgan fingerprint density at radius 1 is 1.50 bits per heavy atom. The lowest BCUT2D eigenvalue weighted by Crippen LogP contribution is -1.92. The van der Waals surface area contributed by atoms with E-state index in [0.717, 1.165) is 16.7 Å². The molecule has 0 bridgehead atoms. The molecule has 0 aliphatic carbocycles. The summed E-state index contributed by atoms with van der Waals surface area (Å²) >= 11 is 0. The van der Waals surface area contributed by atoms with Gasteiger partial charge < -0.3 is 0 Å². The zero-order valence-corrected chi connectivity index (χ0v) is 10.2. The van der Waals surface area contributed by atoms with Crippen LogP contribution in [-0.2, 0) is 0 Å². The van der Waals surface area contributed by atoms with Gasteiger partial charge in [0, 0.05) is 5.70 Å². The van der Waals surface area contributed by atoms with E-state index >= 15 is 0 Å². The van der Waals surface area contributed by atoms with E-state index in [1.165, 1.54) is 0 Å². The van der Waals surface area contributed by atoms with E-state index in [0.29, 0.717) is 5.56 Å². The van der Waals surface area contributed by atoms with Gasteiger partial charge in [-0.05, 0) is 37.3 Å². The molecule has 0 N–H and O–H groups in total. The van der Waals surface area contributed by atoms with E-state index in [4.69, 9.17) is 5.26 Å². The van der Waals surface area contributed by atoms with Crippen LogP contribution in [-0.4, -0.2) is 9.55 Å². The Balaban J connectivity index is 2.64. The Bertz CT molecular complexity index is 681. The number of fused-ring (bicyclic) bond motifs is 1. The van der Waals surface area contributed by atoms with Gasteiger partial charge in [-0.25, -0.2) is 4.98 Å². The fourth-order valence-corrected chi connectivity index (χ4v) is 1.72. The Hall–Kier alpha value is -2.60. The lowest BCUT2D eigenvalue weighted by molar-refractivity contribution is 1.14. The number of benzene rings is 1. The quantitative estimate of drug-likeness (QED) is 0.764. The second-order valence-corrected chi connectivity index (χ2v) is 3.75. The van der Waals surface area contributed by atoms with Crippen molar-refractivity contribution in [3.8, 4) is 6.07 Å². The first-order chi connectivity index (χ1) is 8.80. The number of aromatic nitrogens is 2. The first-order valence-corrected chi connectivity index (χ1v) is 5.63. The maximum atomic E-state index is 8.94. The lowest BCUT2D eigenvalue weighted by atomic mass is 10.2. The molecule has 0 saturated carbocycles. The van der Waals surface area contributed by atoms with Crippen LogP contribution in [0.4, 0.5) is 0 Å². The van der Waals surface area contributed by atoms with Crippen LogP contribution in [0.1, 0.15) is 12.5 Å². The van der Waals surface area contributed by atoms with Crippen LogP contribution in [0.25, 0.3) is 16.7 Å². The minimum Gasteiger partial charge on any atom is -0.299 e. The van der Waals surface area contributed by atoms with Gasteiger partial charge in [0.2, 0.25) is 0 Å². The van der Waals surface area contributed by atoms with Crippen LogP contribution in [0.5, 0.6) is 0 Å². The highest BCUT2D eigenvalue weighted by molar-refractivity contribution is 5.82. The average Bonchev–Trinajstić information content (AvgIpc) is 2.83. The molecule has 0 aliphatic heterocycles. The molecule has 0 fully saturated rings. The van der Waals surface area contributed by atoms with Gasteiger partial charge in [0.05, 0.1) is 22.7 Å². The van der Waals surface area contributed by atoms with Crippen molar-refractivity contribution in [1.29, 1.82) is 5.26 Å². The zero-order chi connectivity index (χ0) is 13.0. The Morgan fingerprint density at radius 2 is 2.33 bits per heavy atom. The third-order valence-electron chi connectivity index (χ3n) is 2.62. The molecule has 0 spiro atoms. The van der Waals surface area contributed by atoms with E-state index in [1.54, 1.807) is 18.5 Å². The van der Waals surface area contributed by atoms with Gasteiger partial charge >= 0.3 is 0 Å². The summed E-state index contributed by atoms with van der Waals surface area (Å²) in [7, 11) is 0. The number of allylic oxidation sites excluding steroid dienone is 5. The summed E-state index contributed by atoms with van der Waals surface area (Å²) in [5.41, 5.74) is 3.32. The van der Waals surface area contributed by atoms with Crippen molar-refractivity contribution in [2.45, 2.75) is 6.92 Å². The van der Waals surface area contributed by atoms with Gasteiger partial charge in [0.15, 0.2) is 0 Å². The van der Waals surface area contributed by atoms with Crippen LogP contribution in [0, 0.1) is 11.3 Å². The van der Waals surface area contributed by atoms with Gasteiger partial charge in [0.1, 0.15) is 6.33 Å². The Kier molecular flexibility index (Phi) is 3.40. The van der Waals surface area contributed by atoms with Crippen LogP contribution >= 0.6 is 0 Å². The summed E-state index contributed by atoms with van der Waals surface area (Å²) in [4.78, 5) is 4.31. The first-order valence-electron chi connectivity index (χ1n) is 5.63. The average molecular weight is 235 g/mol. The Labute approximate surface area is 106 Å². The molecule has 88 valence electrons. The highest BCUT2D eigenvalue weighted by Gasteiger charge is 2.05. The molecule has 18 heavy (non-hydrogen) atoms. The molecule has 0 atom stereocenters. The molecule has 0 radical (unpaired) electrons. The summed E-state index contributed by atoms with van der Waals surface area (Å²) < 4.78 is 1.92. The minimum atomic E-state index is 0.624. The second kappa shape index (κ2) is 5.15. The van der Waals surface area contributed by atoms with Gasteiger partial charge in [-0.2, -0.15) is 5.26 Å². The molecule has 0 saturated heterocycles. The minimum absolute atomic E-state index is 0.624. The molecule has 1 aromatic heterocycles. The third-order valence-corrected chi connectivity index (χ3v) is 2.62. The van der Waals surface area contributed by atoms with Gasteiger partial charge in [-0.1, -0.05) is 18.7 Å². The molecule has 1 aromatic carbocycles. The van der Waals surface area contributed by atoms with Crippen molar-refractivity contribution in [3.05, 3.63) is 61.0 Å². The summed E-state index contributed by atoms with van der Waals surface area (Å²) in [6.45, 7) is 5.76. The van der Waals surface area contributed by atoms with Crippen LogP contribution in [0.3, 0.4) is 0 Å². The van der Waals surface area contributed by atoms with Crippen molar-refractivity contribution in [1.82, 2.24) is 9.55 Å². The molecular weight excluding hydrogens is 222 g/mol. The molecule has 3 nitrogen and oxygen atoms in total. The predicted molar refractivity (Wildman–Crippen MR) is 73.7 cm³/mol. The van der Waals surface area contributed by atoms with E-state index < -0.39 is 0 Å². The summed E-state index contributed by atoms with van der Waals surface area (Å²) in [5, 5.41) is 8.94. The maximum absolute atomic E-state index is 8.94. The summed E-state index contributed by atoms with van der Waals surface area (Å²) in [6.07, 6.45) is 9.34. The molecule has 0 aliphatic rings. The van der Waals surface area contributed by atoms with Gasteiger partial charge in [-0.3, -0.25) is 4.57 Å². The van der Waals surface area contributed by atoms with E-state index in [1.807, 2.05) is 41.9 Å². The molecule has 2 rings (SSSR count). The van der Waals surface area contributed by atoms with Crippen LogP contribution < -0.4 is 0 Å². The highest BCUT2D eigenvalue weighted by atomic mass is 15.0. The van der Waals surface area contributed by atoms with Crippen molar-refractivity contribution >= 4 is 16.7 Å². The molecule has 2 aromatic rings. The number of nitriles is 1. The highest BCUT2D eigenvalue weighted by Crippen LogP contribution is 2.19. The SMILES string of the molecule is C=C/C(=C\C=C/C)n1cnc2ccc(C#N)cc21. The van der Waals surface area contributed by atoms with E-state index in [2.05, 4.69) is 17.6 Å². The van der Waals surface area contributed by atoms with Crippen molar-refractivity contribution < 1.29 is 0 Å². The fraction of sp³-hybridized carbons (Fsp3) is 0.0667. The fourth-order valence-electron chi connectivity index (χ4n) is 1.72. The molecule has 3 heteroatoms. The van der Waals surface area contributed by atoms with Crippen molar-refractivity contribution in [2.24, 2.45) is 0 Å². The maximum Gasteiger partial charge on any atom is 0.100 e. The normalized spacial score (nSPS) is 11.9. The lowest BCUT2D eigenvalue weighted by Gasteiger charge is -2.04. The van der Waals surface area contributed by atoms with Crippen molar-refractivity contribution in [3.63, 3.8) is 0 Å². The largest absolute Gasteiger partial charge is 0.299 e. The smallest absolute Gasteiger partial charge is 0.100 e. The third kappa shape index (κ3) is 2.09. The predicted octanol–water partition coefficient (Wildman–Crippen LogP) is 3.51. The molecule has 1 heterocycles. The van der Waals surface area contributed by atoms with Gasteiger partial charge in [0.25, 0.3) is 0 Å². The van der Waals surface area contributed by atoms with Crippen LogP contribution in [0.2, 0.25) is 0 Å².